The summed E-state index contributed by atoms with van der Waals surface area (Å²) in [5.74, 6) is -0.583. The number of nitrogens with two attached hydrogens (primary N) is 1. The van der Waals surface area contributed by atoms with Gasteiger partial charge in [-0.2, -0.15) is 0 Å². The highest BCUT2D eigenvalue weighted by atomic mass is 79.9. The number of ether oxygens (including phenoxy) is 1. The van der Waals surface area contributed by atoms with Crippen molar-refractivity contribution in [3.8, 4) is 11.5 Å². The van der Waals surface area contributed by atoms with E-state index in [1.165, 1.54) is 7.11 Å². The second-order valence-corrected chi connectivity index (χ2v) is 4.61. The summed E-state index contributed by atoms with van der Waals surface area (Å²) in [7, 11) is 1.36. The Kier molecular flexibility index (Phi) is 3.25. The molecule has 0 radical (unpaired) electrons. The molecule has 1 aromatic carbocycles. The Labute approximate surface area is 96.2 Å². The molecule has 0 spiro atoms. The van der Waals surface area contributed by atoms with E-state index in [2.05, 4.69) is 15.9 Å². The van der Waals surface area contributed by atoms with E-state index in [0.29, 0.717) is 5.56 Å². The molecule has 0 saturated carbocycles. The summed E-state index contributed by atoms with van der Waals surface area (Å²) < 4.78 is 18.5. The van der Waals surface area contributed by atoms with Crippen LogP contribution in [0.3, 0.4) is 0 Å². The number of hydrogen-bond acceptors (Lipinski definition) is 3. The SMILES string of the molecule is COc1cc(F)c(Br)c(C(C)(C)N)c1O. The summed E-state index contributed by atoms with van der Waals surface area (Å²) in [5, 5.41) is 9.83. The van der Waals surface area contributed by atoms with Crippen LogP contribution >= 0.6 is 15.9 Å². The molecule has 15 heavy (non-hydrogen) atoms. The van der Waals surface area contributed by atoms with Crippen LogP contribution in [-0.2, 0) is 5.54 Å². The average Bonchev–Trinajstić information content (AvgIpc) is 2.09. The minimum atomic E-state index is -0.863. The predicted octanol–water partition coefficient (Wildman–Crippen LogP) is 2.50. The van der Waals surface area contributed by atoms with Crippen molar-refractivity contribution in [1.82, 2.24) is 0 Å². The summed E-state index contributed by atoms with van der Waals surface area (Å²) in [6, 6.07) is 1.11. The lowest BCUT2D eigenvalue weighted by Crippen LogP contribution is -2.29. The summed E-state index contributed by atoms with van der Waals surface area (Å²) in [4.78, 5) is 0. The highest BCUT2D eigenvalue weighted by Gasteiger charge is 2.26. The number of methoxy groups -OCH3 is 1. The molecule has 0 amide bonds. The van der Waals surface area contributed by atoms with Crippen molar-refractivity contribution in [2.24, 2.45) is 5.73 Å². The average molecular weight is 278 g/mol. The summed E-state index contributed by atoms with van der Waals surface area (Å²) in [6.07, 6.45) is 0. The fourth-order valence-corrected chi connectivity index (χ4v) is 2.15. The van der Waals surface area contributed by atoms with Crippen LogP contribution in [0.4, 0.5) is 4.39 Å². The van der Waals surface area contributed by atoms with Gasteiger partial charge in [-0.25, -0.2) is 4.39 Å². The minimum Gasteiger partial charge on any atom is -0.504 e. The van der Waals surface area contributed by atoms with Crippen molar-refractivity contribution in [2.45, 2.75) is 19.4 Å². The monoisotopic (exact) mass is 277 g/mol. The molecule has 0 aliphatic rings. The predicted molar refractivity (Wildman–Crippen MR) is 59.5 cm³/mol. The molecule has 0 heterocycles. The zero-order chi connectivity index (χ0) is 11.8. The van der Waals surface area contributed by atoms with Crippen molar-refractivity contribution in [3.63, 3.8) is 0 Å². The Hall–Kier alpha value is -0.810. The van der Waals surface area contributed by atoms with Gasteiger partial charge in [-0.1, -0.05) is 0 Å². The molecule has 0 unspecified atom stereocenters. The molecule has 0 fully saturated rings. The van der Waals surface area contributed by atoms with Gasteiger partial charge in [0.05, 0.1) is 11.6 Å². The highest BCUT2D eigenvalue weighted by molar-refractivity contribution is 9.10. The molecule has 1 aromatic rings. The first-order chi connectivity index (χ1) is 6.79. The molecule has 0 aliphatic heterocycles. The summed E-state index contributed by atoms with van der Waals surface area (Å²) >= 11 is 3.06. The van der Waals surface area contributed by atoms with E-state index < -0.39 is 11.4 Å². The van der Waals surface area contributed by atoms with Crippen molar-refractivity contribution >= 4 is 15.9 Å². The molecule has 84 valence electrons. The highest BCUT2D eigenvalue weighted by Crippen LogP contribution is 2.41. The first kappa shape index (κ1) is 12.3. The molecule has 0 saturated heterocycles. The third-order valence-corrected chi connectivity index (χ3v) is 2.80. The van der Waals surface area contributed by atoms with E-state index >= 15 is 0 Å². The third kappa shape index (κ3) is 2.23. The van der Waals surface area contributed by atoms with Crippen LogP contribution in [-0.4, -0.2) is 12.2 Å². The van der Waals surface area contributed by atoms with Crippen molar-refractivity contribution in [3.05, 3.63) is 21.9 Å². The van der Waals surface area contributed by atoms with Crippen LogP contribution in [0.5, 0.6) is 11.5 Å². The second kappa shape index (κ2) is 3.98. The number of hydrogen-bond donors (Lipinski definition) is 2. The van der Waals surface area contributed by atoms with Gasteiger partial charge in [-0.3, -0.25) is 0 Å². The molecule has 1 rings (SSSR count). The fraction of sp³-hybridized carbons (Fsp3) is 0.400. The summed E-state index contributed by atoms with van der Waals surface area (Å²) in [6.45, 7) is 3.34. The molecular weight excluding hydrogens is 265 g/mol. The maximum absolute atomic E-state index is 13.4. The standard InChI is InChI=1S/C10H13BrFNO2/c1-10(2,13)7-8(11)5(12)4-6(15-3)9(7)14/h4,14H,13H2,1-3H3. The van der Waals surface area contributed by atoms with Crippen LogP contribution in [0.2, 0.25) is 0 Å². The first-order valence-electron chi connectivity index (χ1n) is 4.33. The molecule has 0 aromatic heterocycles. The lowest BCUT2D eigenvalue weighted by Gasteiger charge is -2.23. The van der Waals surface area contributed by atoms with Crippen LogP contribution in [0.1, 0.15) is 19.4 Å². The van der Waals surface area contributed by atoms with Crippen molar-refractivity contribution < 1.29 is 14.2 Å². The fourth-order valence-electron chi connectivity index (χ4n) is 1.34. The smallest absolute Gasteiger partial charge is 0.164 e. The maximum Gasteiger partial charge on any atom is 0.164 e. The second-order valence-electron chi connectivity index (χ2n) is 3.82. The number of phenols is 1. The topological polar surface area (TPSA) is 55.5 Å². The number of phenolic OH excluding ortho intramolecular Hbond substituents is 1. The Bertz CT molecular complexity index is 388. The van der Waals surface area contributed by atoms with Gasteiger partial charge >= 0.3 is 0 Å². The Balaban J connectivity index is 3.55. The molecule has 3 nitrogen and oxygen atoms in total. The van der Waals surface area contributed by atoms with Gasteiger partial charge in [0.25, 0.3) is 0 Å². The van der Waals surface area contributed by atoms with E-state index in [0.717, 1.165) is 6.07 Å². The normalized spacial score (nSPS) is 11.6. The molecule has 0 bridgehead atoms. The van der Waals surface area contributed by atoms with Gasteiger partial charge in [-0.15, -0.1) is 0 Å². The van der Waals surface area contributed by atoms with E-state index in [4.69, 9.17) is 10.5 Å². The number of rotatable bonds is 2. The lowest BCUT2D eigenvalue weighted by atomic mass is 9.94. The van der Waals surface area contributed by atoms with Gasteiger partial charge in [0, 0.05) is 17.2 Å². The van der Waals surface area contributed by atoms with E-state index in [-0.39, 0.29) is 16.0 Å². The number of halogens is 2. The maximum atomic E-state index is 13.4. The Morgan fingerprint density at radius 3 is 2.47 bits per heavy atom. The van der Waals surface area contributed by atoms with Crippen LogP contribution < -0.4 is 10.5 Å². The Morgan fingerprint density at radius 1 is 1.53 bits per heavy atom. The van der Waals surface area contributed by atoms with Crippen LogP contribution in [0.15, 0.2) is 10.5 Å². The molecule has 0 atom stereocenters. The number of aromatic hydroxyl groups is 1. The van der Waals surface area contributed by atoms with E-state index in [1.54, 1.807) is 13.8 Å². The van der Waals surface area contributed by atoms with Crippen LogP contribution in [0, 0.1) is 5.82 Å². The summed E-state index contributed by atoms with van der Waals surface area (Å²) in [5.41, 5.74) is 5.27. The van der Waals surface area contributed by atoms with Gasteiger partial charge in [0.15, 0.2) is 11.5 Å². The third-order valence-electron chi connectivity index (χ3n) is 2.02. The molecule has 3 N–H and O–H groups in total. The zero-order valence-corrected chi connectivity index (χ0v) is 10.4. The van der Waals surface area contributed by atoms with E-state index in [9.17, 15) is 9.50 Å². The quantitative estimate of drug-likeness (QED) is 0.873. The zero-order valence-electron chi connectivity index (χ0n) is 8.77. The van der Waals surface area contributed by atoms with Crippen LogP contribution in [0.25, 0.3) is 0 Å². The molecule has 5 heteroatoms. The van der Waals surface area contributed by atoms with Gasteiger partial charge in [-0.05, 0) is 29.8 Å². The Morgan fingerprint density at radius 2 is 2.07 bits per heavy atom. The minimum absolute atomic E-state index is 0.0734. The largest absolute Gasteiger partial charge is 0.504 e. The number of benzene rings is 1. The van der Waals surface area contributed by atoms with Gasteiger partial charge < -0.3 is 15.6 Å². The molecular formula is C10H13BrFNO2. The lowest BCUT2D eigenvalue weighted by molar-refractivity contribution is 0.358. The first-order valence-corrected chi connectivity index (χ1v) is 5.12. The van der Waals surface area contributed by atoms with Gasteiger partial charge in [0.2, 0.25) is 0 Å². The molecule has 0 aliphatic carbocycles. The van der Waals surface area contributed by atoms with Crippen molar-refractivity contribution in [1.29, 1.82) is 0 Å². The van der Waals surface area contributed by atoms with Gasteiger partial charge in [0.1, 0.15) is 5.82 Å². The van der Waals surface area contributed by atoms with Crippen molar-refractivity contribution in [2.75, 3.05) is 7.11 Å². The van der Waals surface area contributed by atoms with E-state index in [1.807, 2.05) is 0 Å².